The van der Waals surface area contributed by atoms with E-state index in [1.807, 2.05) is 4.90 Å². The molecule has 0 radical (unpaired) electrons. The van der Waals surface area contributed by atoms with Crippen LogP contribution in [0.1, 0.15) is 43.3 Å². The van der Waals surface area contributed by atoms with Crippen LogP contribution in [-0.4, -0.2) is 46.7 Å². The summed E-state index contributed by atoms with van der Waals surface area (Å²) in [5, 5.41) is 3.98. The number of likely N-dealkylation sites (tertiary alicyclic amines) is 1. The van der Waals surface area contributed by atoms with Crippen molar-refractivity contribution in [2.24, 2.45) is 0 Å². The molecule has 1 aromatic rings. The first-order valence-corrected chi connectivity index (χ1v) is 6.94. The summed E-state index contributed by atoms with van der Waals surface area (Å²) in [6.07, 6.45) is 3.59. The zero-order valence-corrected chi connectivity index (χ0v) is 11.2. The van der Waals surface area contributed by atoms with E-state index in [4.69, 9.17) is 9.26 Å². The Morgan fingerprint density at radius 2 is 2.26 bits per heavy atom. The van der Waals surface area contributed by atoms with Crippen molar-refractivity contribution in [2.45, 2.75) is 44.6 Å². The highest BCUT2D eigenvalue weighted by molar-refractivity contribution is 5.81. The molecule has 2 aliphatic heterocycles. The van der Waals surface area contributed by atoms with Gasteiger partial charge in [0.05, 0.1) is 0 Å². The van der Waals surface area contributed by atoms with E-state index in [0.29, 0.717) is 19.0 Å². The van der Waals surface area contributed by atoms with Crippen LogP contribution in [0.4, 0.5) is 0 Å². The molecule has 0 aromatic carbocycles. The summed E-state index contributed by atoms with van der Waals surface area (Å²) in [5.74, 6) is 1.62. The predicted octanol–water partition coefficient (Wildman–Crippen LogP) is 1.26. The van der Waals surface area contributed by atoms with Gasteiger partial charge in [-0.1, -0.05) is 5.16 Å². The Morgan fingerprint density at radius 1 is 1.37 bits per heavy atom. The van der Waals surface area contributed by atoms with Crippen molar-refractivity contribution in [1.29, 1.82) is 0 Å². The molecule has 3 rings (SSSR count). The Morgan fingerprint density at radius 3 is 2.95 bits per heavy atom. The minimum absolute atomic E-state index is 0.127. The van der Waals surface area contributed by atoms with Crippen LogP contribution in [0.3, 0.4) is 0 Å². The summed E-state index contributed by atoms with van der Waals surface area (Å²) >= 11 is 0. The Balaban J connectivity index is 1.65. The zero-order valence-electron chi connectivity index (χ0n) is 11.2. The molecule has 0 saturated carbocycles. The average Bonchev–Trinajstić information content (AvgIpc) is 3.09. The number of nitrogens with zero attached hydrogens (tertiary/aromatic N) is 3. The first kappa shape index (κ1) is 12.6. The molecular weight excluding hydrogens is 246 g/mol. The van der Waals surface area contributed by atoms with E-state index in [0.717, 1.165) is 38.1 Å². The van der Waals surface area contributed by atoms with Gasteiger partial charge in [0.15, 0.2) is 5.82 Å². The van der Waals surface area contributed by atoms with Crippen molar-refractivity contribution < 1.29 is 14.1 Å². The highest BCUT2D eigenvalue weighted by Gasteiger charge is 2.33. The molecule has 1 aromatic heterocycles. The quantitative estimate of drug-likeness (QED) is 0.805. The summed E-state index contributed by atoms with van der Waals surface area (Å²) < 4.78 is 10.5. The molecule has 0 bridgehead atoms. The Labute approximate surface area is 112 Å². The number of ether oxygens (including phenoxy) is 1. The molecule has 1 amide bonds. The lowest BCUT2D eigenvalue weighted by molar-refractivity contribution is -0.142. The lowest BCUT2D eigenvalue weighted by atomic mass is 9.97. The molecule has 0 spiro atoms. The minimum atomic E-state index is -0.231. The van der Waals surface area contributed by atoms with Crippen molar-refractivity contribution in [1.82, 2.24) is 15.0 Å². The summed E-state index contributed by atoms with van der Waals surface area (Å²) in [6.45, 7) is 3.98. The molecule has 2 fully saturated rings. The fourth-order valence-corrected chi connectivity index (χ4v) is 2.84. The Hall–Kier alpha value is -1.43. The molecule has 0 N–H and O–H groups in total. The van der Waals surface area contributed by atoms with Crippen LogP contribution in [0.25, 0.3) is 0 Å². The largest absolute Gasteiger partial charge is 0.368 e. The van der Waals surface area contributed by atoms with Gasteiger partial charge in [0.2, 0.25) is 5.89 Å². The van der Waals surface area contributed by atoms with Gasteiger partial charge in [-0.3, -0.25) is 4.79 Å². The number of aryl methyl sites for hydroxylation is 1. The fraction of sp³-hybridized carbons (Fsp3) is 0.769. The smallest absolute Gasteiger partial charge is 0.251 e. The topological polar surface area (TPSA) is 68.5 Å². The number of amides is 1. The molecular formula is C13H19N3O3. The Kier molecular flexibility index (Phi) is 3.50. The second kappa shape index (κ2) is 5.28. The van der Waals surface area contributed by atoms with Crippen LogP contribution in [0.2, 0.25) is 0 Å². The van der Waals surface area contributed by atoms with Gasteiger partial charge in [-0.2, -0.15) is 4.98 Å². The average molecular weight is 265 g/mol. The van der Waals surface area contributed by atoms with E-state index >= 15 is 0 Å². The minimum Gasteiger partial charge on any atom is -0.368 e. The second-order valence-corrected chi connectivity index (χ2v) is 5.30. The van der Waals surface area contributed by atoms with Crippen LogP contribution >= 0.6 is 0 Å². The molecule has 6 heteroatoms. The number of rotatable bonds is 2. The third kappa shape index (κ3) is 2.63. The van der Waals surface area contributed by atoms with Crippen molar-refractivity contribution in [3.05, 3.63) is 11.7 Å². The number of aromatic nitrogens is 2. The molecule has 2 atom stereocenters. The van der Waals surface area contributed by atoms with E-state index in [1.165, 1.54) is 0 Å². The number of hydrogen-bond acceptors (Lipinski definition) is 5. The summed E-state index contributed by atoms with van der Waals surface area (Å²) in [7, 11) is 0. The fourth-order valence-electron chi connectivity index (χ4n) is 2.84. The van der Waals surface area contributed by atoms with E-state index < -0.39 is 0 Å². The van der Waals surface area contributed by atoms with Gasteiger partial charge >= 0.3 is 0 Å². The van der Waals surface area contributed by atoms with Crippen molar-refractivity contribution in [2.75, 3.05) is 19.7 Å². The standard InChI is InChI=1S/C13H19N3O3/c1-9-14-12(15-19-9)10-4-2-6-16(8-10)13(17)11-5-3-7-18-11/h10-11H,2-8H2,1H3. The SMILES string of the molecule is Cc1nc(C2CCCN(C(=O)C3CCCO3)C2)no1. The number of carbonyl (C=O) groups excluding carboxylic acids is 1. The Bertz CT molecular complexity index is 454. The zero-order chi connectivity index (χ0) is 13.2. The first-order chi connectivity index (χ1) is 9.24. The van der Waals surface area contributed by atoms with Crippen molar-refractivity contribution in [3.8, 4) is 0 Å². The van der Waals surface area contributed by atoms with E-state index in [-0.39, 0.29) is 17.9 Å². The lowest BCUT2D eigenvalue weighted by Crippen LogP contribution is -2.44. The second-order valence-electron chi connectivity index (χ2n) is 5.30. The van der Waals surface area contributed by atoms with Gasteiger partial charge in [0.25, 0.3) is 5.91 Å². The van der Waals surface area contributed by atoms with Crippen LogP contribution in [-0.2, 0) is 9.53 Å². The normalized spacial score (nSPS) is 27.7. The van der Waals surface area contributed by atoms with E-state index in [2.05, 4.69) is 10.1 Å². The summed E-state index contributed by atoms with van der Waals surface area (Å²) in [5.41, 5.74) is 0. The monoisotopic (exact) mass is 265 g/mol. The molecule has 2 unspecified atom stereocenters. The predicted molar refractivity (Wildman–Crippen MR) is 66.6 cm³/mol. The third-order valence-electron chi connectivity index (χ3n) is 3.85. The van der Waals surface area contributed by atoms with Crippen LogP contribution in [0.5, 0.6) is 0 Å². The first-order valence-electron chi connectivity index (χ1n) is 6.94. The molecule has 6 nitrogen and oxygen atoms in total. The summed E-state index contributed by atoms with van der Waals surface area (Å²) in [6, 6.07) is 0. The van der Waals surface area contributed by atoms with Gasteiger partial charge in [0, 0.05) is 32.5 Å². The maximum Gasteiger partial charge on any atom is 0.251 e. The van der Waals surface area contributed by atoms with Gasteiger partial charge in [-0.25, -0.2) is 0 Å². The molecule has 0 aliphatic carbocycles. The molecule has 2 saturated heterocycles. The number of piperidine rings is 1. The van der Waals surface area contributed by atoms with Crippen LogP contribution < -0.4 is 0 Å². The van der Waals surface area contributed by atoms with Crippen LogP contribution in [0.15, 0.2) is 4.52 Å². The van der Waals surface area contributed by atoms with Gasteiger partial charge in [-0.15, -0.1) is 0 Å². The highest BCUT2D eigenvalue weighted by Crippen LogP contribution is 2.26. The van der Waals surface area contributed by atoms with Gasteiger partial charge < -0.3 is 14.2 Å². The number of hydrogen-bond donors (Lipinski definition) is 0. The molecule has 2 aliphatic rings. The molecule has 3 heterocycles. The van der Waals surface area contributed by atoms with Crippen molar-refractivity contribution in [3.63, 3.8) is 0 Å². The molecule has 104 valence electrons. The van der Waals surface area contributed by atoms with Gasteiger partial charge in [-0.05, 0) is 25.7 Å². The third-order valence-corrected chi connectivity index (χ3v) is 3.85. The molecule has 19 heavy (non-hydrogen) atoms. The highest BCUT2D eigenvalue weighted by atomic mass is 16.5. The van der Waals surface area contributed by atoms with E-state index in [9.17, 15) is 4.79 Å². The maximum absolute atomic E-state index is 12.3. The lowest BCUT2D eigenvalue weighted by Gasteiger charge is -2.32. The maximum atomic E-state index is 12.3. The van der Waals surface area contributed by atoms with Crippen LogP contribution in [0, 0.1) is 6.92 Å². The van der Waals surface area contributed by atoms with Crippen molar-refractivity contribution >= 4 is 5.91 Å². The summed E-state index contributed by atoms with van der Waals surface area (Å²) in [4.78, 5) is 18.5. The number of carbonyl (C=O) groups is 1. The van der Waals surface area contributed by atoms with Gasteiger partial charge in [0.1, 0.15) is 6.10 Å². The van der Waals surface area contributed by atoms with E-state index in [1.54, 1.807) is 6.92 Å².